The van der Waals surface area contributed by atoms with Gasteiger partial charge in [-0.05, 0) is 35.4 Å². The normalized spacial score (nSPS) is 10.5. The Balaban J connectivity index is 2.13. The molecule has 0 saturated heterocycles. The van der Waals surface area contributed by atoms with E-state index < -0.39 is 11.6 Å². The van der Waals surface area contributed by atoms with Crippen LogP contribution in [-0.2, 0) is 12.5 Å². The molecule has 0 atom stereocenters. The van der Waals surface area contributed by atoms with Crippen LogP contribution in [0.4, 0.5) is 8.78 Å². The summed E-state index contributed by atoms with van der Waals surface area (Å²) >= 11 is 8.84. The number of hydrogen-bond donors (Lipinski definition) is 0. The molecule has 1 nitrogen and oxygen atoms in total. The van der Waals surface area contributed by atoms with E-state index in [1.165, 1.54) is 12.1 Å². The van der Waals surface area contributed by atoms with Gasteiger partial charge >= 0.3 is 0 Å². The second-order valence-corrected chi connectivity index (χ2v) is 5.12. The largest absolute Gasteiger partial charge is 0.483 e. The zero-order valence-corrected chi connectivity index (χ0v) is 12.1. The molecule has 0 amide bonds. The maximum Gasteiger partial charge on any atom is 0.191 e. The number of alkyl halides is 1. The van der Waals surface area contributed by atoms with Gasteiger partial charge in [-0.3, -0.25) is 0 Å². The van der Waals surface area contributed by atoms with Gasteiger partial charge in [-0.1, -0.05) is 28.1 Å². The first-order chi connectivity index (χ1) is 9.10. The van der Waals surface area contributed by atoms with Crippen molar-refractivity contribution in [2.75, 3.05) is 0 Å². The number of halogens is 4. The van der Waals surface area contributed by atoms with E-state index >= 15 is 0 Å². The van der Waals surface area contributed by atoms with Crippen LogP contribution in [0.1, 0.15) is 11.1 Å². The van der Waals surface area contributed by atoms with Gasteiger partial charge in [-0.2, -0.15) is 0 Å². The fraction of sp³-hybridized carbons (Fsp3) is 0.143. The average Bonchev–Trinajstić information content (AvgIpc) is 2.39. The van der Waals surface area contributed by atoms with Crippen molar-refractivity contribution in [3.8, 4) is 5.75 Å². The van der Waals surface area contributed by atoms with Crippen molar-refractivity contribution >= 4 is 27.5 Å². The maximum atomic E-state index is 13.6. The quantitative estimate of drug-likeness (QED) is 0.704. The molecule has 2 aromatic carbocycles. The second kappa shape index (κ2) is 6.35. The Morgan fingerprint density at radius 3 is 2.11 bits per heavy atom. The summed E-state index contributed by atoms with van der Waals surface area (Å²) in [5, 5.41) is 0. The third kappa shape index (κ3) is 3.67. The van der Waals surface area contributed by atoms with Crippen LogP contribution in [0.2, 0.25) is 0 Å². The van der Waals surface area contributed by atoms with Gasteiger partial charge in [0, 0.05) is 10.4 Å². The summed E-state index contributed by atoms with van der Waals surface area (Å²) in [4.78, 5) is 0. The summed E-state index contributed by atoms with van der Waals surface area (Å²) in [6.45, 7) is 0.0986. The van der Waals surface area contributed by atoms with E-state index in [0.29, 0.717) is 5.56 Å². The van der Waals surface area contributed by atoms with E-state index in [9.17, 15) is 8.78 Å². The van der Waals surface area contributed by atoms with Crippen LogP contribution in [0.3, 0.4) is 0 Å². The molecule has 0 aliphatic rings. The molecule has 0 radical (unpaired) electrons. The molecule has 2 rings (SSSR count). The molecule has 0 N–H and O–H groups in total. The van der Waals surface area contributed by atoms with E-state index in [4.69, 9.17) is 16.3 Å². The Bertz CT molecular complexity index is 549. The summed E-state index contributed by atoms with van der Waals surface area (Å²) in [5.74, 6) is -1.81. The molecule has 100 valence electrons. The number of hydrogen-bond acceptors (Lipinski definition) is 1. The first kappa shape index (κ1) is 14.3. The molecule has 0 aliphatic heterocycles. The molecule has 0 spiro atoms. The zero-order chi connectivity index (χ0) is 13.8. The molecule has 0 bridgehead atoms. The van der Waals surface area contributed by atoms with Crippen LogP contribution in [-0.4, -0.2) is 0 Å². The minimum absolute atomic E-state index is 0.0564. The Hall–Kier alpha value is -1.13. The van der Waals surface area contributed by atoms with Crippen molar-refractivity contribution < 1.29 is 13.5 Å². The predicted molar refractivity (Wildman–Crippen MR) is 74.4 cm³/mol. The lowest BCUT2D eigenvalue weighted by molar-refractivity contribution is 0.274. The first-order valence-electron chi connectivity index (χ1n) is 5.51. The molecule has 0 unspecified atom stereocenters. The van der Waals surface area contributed by atoms with Crippen molar-refractivity contribution in [3.63, 3.8) is 0 Å². The minimum Gasteiger partial charge on any atom is -0.483 e. The number of benzene rings is 2. The van der Waals surface area contributed by atoms with Crippen LogP contribution in [0.25, 0.3) is 0 Å². The Labute approximate surface area is 123 Å². The molecule has 0 fully saturated rings. The molecule has 0 saturated carbocycles. The van der Waals surface area contributed by atoms with Crippen LogP contribution < -0.4 is 4.74 Å². The SMILES string of the molecule is Fc1cc(CCl)cc(F)c1OCc1ccc(Br)cc1. The molecule has 5 heteroatoms. The highest BCUT2D eigenvalue weighted by Gasteiger charge is 2.12. The van der Waals surface area contributed by atoms with Crippen LogP contribution in [0.15, 0.2) is 40.9 Å². The lowest BCUT2D eigenvalue weighted by atomic mass is 10.2. The lowest BCUT2D eigenvalue weighted by Gasteiger charge is -2.09. The summed E-state index contributed by atoms with van der Waals surface area (Å²) in [5.41, 5.74) is 1.20. The number of rotatable bonds is 4. The van der Waals surface area contributed by atoms with Crippen molar-refractivity contribution in [1.82, 2.24) is 0 Å². The van der Waals surface area contributed by atoms with E-state index in [1.54, 1.807) is 0 Å². The van der Waals surface area contributed by atoms with Gasteiger partial charge in [0.05, 0.1) is 0 Å². The topological polar surface area (TPSA) is 9.23 Å². The fourth-order valence-electron chi connectivity index (χ4n) is 1.56. The molecular weight excluding hydrogens is 338 g/mol. The molecule has 0 heterocycles. The highest BCUT2D eigenvalue weighted by Crippen LogP contribution is 2.25. The molecule has 2 aromatic rings. The van der Waals surface area contributed by atoms with Gasteiger partial charge in [0.15, 0.2) is 17.4 Å². The smallest absolute Gasteiger partial charge is 0.191 e. The highest BCUT2D eigenvalue weighted by atomic mass is 79.9. The predicted octanol–water partition coefficient (Wildman–Crippen LogP) is 5.05. The Morgan fingerprint density at radius 1 is 1.00 bits per heavy atom. The first-order valence-corrected chi connectivity index (χ1v) is 6.84. The standard InChI is InChI=1S/C14H10BrClF2O/c15-11-3-1-9(2-4-11)8-19-14-12(17)5-10(7-16)6-13(14)18/h1-6H,7-8H2. The monoisotopic (exact) mass is 346 g/mol. The van der Waals surface area contributed by atoms with Crippen molar-refractivity contribution in [1.29, 1.82) is 0 Å². The van der Waals surface area contributed by atoms with E-state index in [-0.39, 0.29) is 18.2 Å². The van der Waals surface area contributed by atoms with Gasteiger partial charge in [-0.15, -0.1) is 11.6 Å². The zero-order valence-electron chi connectivity index (χ0n) is 9.80. The molecule has 19 heavy (non-hydrogen) atoms. The molecule has 0 aromatic heterocycles. The second-order valence-electron chi connectivity index (χ2n) is 3.94. The van der Waals surface area contributed by atoms with Crippen molar-refractivity contribution in [2.24, 2.45) is 0 Å². The molecule has 0 aliphatic carbocycles. The van der Waals surface area contributed by atoms with Crippen LogP contribution >= 0.6 is 27.5 Å². The maximum absolute atomic E-state index is 13.6. The van der Waals surface area contributed by atoms with E-state index in [2.05, 4.69) is 15.9 Å². The van der Waals surface area contributed by atoms with Gasteiger partial charge < -0.3 is 4.74 Å². The Kier molecular flexibility index (Phi) is 4.77. The fourth-order valence-corrected chi connectivity index (χ4v) is 1.98. The summed E-state index contributed by atoms with van der Waals surface area (Å²) < 4.78 is 33.4. The van der Waals surface area contributed by atoms with Crippen molar-refractivity contribution in [3.05, 3.63) is 63.6 Å². The van der Waals surface area contributed by atoms with Gasteiger partial charge in [0.25, 0.3) is 0 Å². The highest BCUT2D eigenvalue weighted by molar-refractivity contribution is 9.10. The van der Waals surface area contributed by atoms with Gasteiger partial charge in [0.1, 0.15) is 6.61 Å². The summed E-state index contributed by atoms with van der Waals surface area (Å²) in [6.07, 6.45) is 0. The van der Waals surface area contributed by atoms with Gasteiger partial charge in [0.2, 0.25) is 0 Å². The third-order valence-electron chi connectivity index (χ3n) is 2.51. The van der Waals surface area contributed by atoms with E-state index in [1.807, 2.05) is 24.3 Å². The Morgan fingerprint density at radius 2 is 1.58 bits per heavy atom. The van der Waals surface area contributed by atoms with Gasteiger partial charge in [-0.25, -0.2) is 8.78 Å². The lowest BCUT2D eigenvalue weighted by Crippen LogP contribution is -2.00. The minimum atomic E-state index is -0.743. The molecular formula is C14H10BrClF2O. The third-order valence-corrected chi connectivity index (χ3v) is 3.35. The van der Waals surface area contributed by atoms with Crippen molar-refractivity contribution in [2.45, 2.75) is 12.5 Å². The van der Waals surface area contributed by atoms with E-state index in [0.717, 1.165) is 10.0 Å². The van der Waals surface area contributed by atoms with Crippen LogP contribution in [0.5, 0.6) is 5.75 Å². The summed E-state index contributed by atoms with van der Waals surface area (Å²) in [7, 11) is 0. The number of ether oxygens (including phenoxy) is 1. The summed E-state index contributed by atoms with van der Waals surface area (Å²) in [6, 6.07) is 9.64. The van der Waals surface area contributed by atoms with Crippen LogP contribution in [0, 0.1) is 11.6 Å². The average molecular weight is 348 g/mol.